The molecule has 0 bridgehead atoms. The minimum atomic E-state index is -3.20. The Labute approximate surface area is 442 Å². The molecule has 0 N–H and O–H groups in total. The molecule has 0 aliphatic rings. The zero-order valence-corrected chi connectivity index (χ0v) is 55.7. The third-order valence-electron chi connectivity index (χ3n) is 19.9. The van der Waals surface area contributed by atoms with Crippen LogP contribution in [0.5, 0.6) is 0 Å². The fourth-order valence-corrected chi connectivity index (χ4v) is 74.5. The van der Waals surface area contributed by atoms with Crippen LogP contribution in [0.3, 0.4) is 0 Å². The SMILES string of the molecule is CCCCP(CCCC)(CCCC)(OP(=S)(OP(CCCC)(CCCC)(CCCC)C(CC)(CC)CCC)SP(CCCC)(CCCC)(CCCC)C(CC)(CC)CCC)C(CC)(CC)CCC. The molecule has 8 heteroatoms. The molecule has 0 atom stereocenters. The topological polar surface area (TPSA) is 18.5 Å². The van der Waals surface area contributed by atoms with E-state index in [9.17, 15) is 8.62 Å². The predicted octanol–water partition coefficient (Wildman–Crippen LogP) is 24.7. The van der Waals surface area contributed by atoms with Crippen LogP contribution in [0.2, 0.25) is 0 Å². The molecule has 0 amide bonds. The van der Waals surface area contributed by atoms with E-state index >= 15 is 0 Å². The molecule has 0 fully saturated rings. The molecule has 2 nitrogen and oxygen atoms in total. The van der Waals surface area contributed by atoms with Gasteiger partial charge in [0.15, 0.2) is 0 Å². The second-order valence-corrected chi connectivity index (χ2v) is 50.7. The third kappa shape index (κ3) is 15.0. The Morgan fingerprint density at radius 3 is 0.706 bits per heavy atom. The fourth-order valence-electron chi connectivity index (χ4n) is 15.8. The first kappa shape index (κ1) is 70.2. The number of hydrogen-bond acceptors (Lipinski definition) is 4. The van der Waals surface area contributed by atoms with Gasteiger partial charge in [-0.15, -0.1) is 0 Å². The molecule has 0 aromatic carbocycles. The summed E-state index contributed by atoms with van der Waals surface area (Å²) in [5, 5.41) is 0.575. The summed E-state index contributed by atoms with van der Waals surface area (Å²) >= 11 is 10.9. The normalized spacial score (nSPS) is 16.2. The molecular formula is C60H132O2P4S2. The van der Waals surface area contributed by atoms with Crippen molar-refractivity contribution in [1.29, 1.82) is 0 Å². The fraction of sp³-hybridized carbons (Fsp3) is 1.00. The maximum absolute atomic E-state index is 9.65. The Balaban J connectivity index is 10.7. The summed E-state index contributed by atoms with van der Waals surface area (Å²) in [6, 6.07) is 0. The predicted molar refractivity (Wildman–Crippen MR) is 337 cm³/mol. The molecule has 0 aromatic heterocycles. The van der Waals surface area contributed by atoms with Gasteiger partial charge in [-0.1, -0.05) is 0 Å². The van der Waals surface area contributed by atoms with Crippen molar-refractivity contribution in [1.82, 2.24) is 0 Å². The maximum atomic E-state index is 9.65. The van der Waals surface area contributed by atoms with Gasteiger partial charge in [0.2, 0.25) is 0 Å². The van der Waals surface area contributed by atoms with Gasteiger partial charge in [-0.05, 0) is 0 Å². The Morgan fingerprint density at radius 2 is 0.515 bits per heavy atom. The van der Waals surface area contributed by atoms with Gasteiger partial charge < -0.3 is 0 Å². The second-order valence-electron chi connectivity index (χ2n) is 23.3. The molecule has 0 rings (SSSR count). The van der Waals surface area contributed by atoms with Crippen LogP contribution in [0.25, 0.3) is 0 Å². The summed E-state index contributed by atoms with van der Waals surface area (Å²) in [4.78, 5) is 0. The number of rotatable bonds is 48. The van der Waals surface area contributed by atoms with Crippen molar-refractivity contribution in [2.24, 2.45) is 0 Å². The molecule has 0 unspecified atom stereocenters. The van der Waals surface area contributed by atoms with Crippen LogP contribution in [0.1, 0.15) is 317 Å². The molecule has 0 saturated carbocycles. The standard InChI is InChI=1S/C60H132O2P4S2/c1-19-37-49-64(50-38-20-2,51-39-21-3,58(31-13,32-14)46-28-10)61-63(67,62-65(52-40-22-4,53-41-23-5,54-42-24-6)59(33-15,34-16)47-29-11)68-66(55-43-25-7,56-44-26-8,57-45-27-9)60(35-17,36-18)48-30-12/h19-57H2,1-18H3. The van der Waals surface area contributed by atoms with Crippen LogP contribution < -0.4 is 0 Å². The first-order chi connectivity index (χ1) is 32.4. The van der Waals surface area contributed by atoms with Crippen LogP contribution in [-0.4, -0.2) is 70.9 Å². The molecule has 0 aliphatic heterocycles. The van der Waals surface area contributed by atoms with Gasteiger partial charge in [0, 0.05) is 0 Å². The summed E-state index contributed by atoms with van der Waals surface area (Å²) in [7, 11) is 0. The van der Waals surface area contributed by atoms with Crippen LogP contribution in [-0.2, 0) is 20.4 Å². The quantitative estimate of drug-likeness (QED) is 0.0565. The molecule has 0 saturated heterocycles. The average Bonchev–Trinajstić information content (AvgIpc) is 3.35. The Hall–Kier alpha value is 2.21. The van der Waals surface area contributed by atoms with Crippen molar-refractivity contribution in [3.63, 3.8) is 0 Å². The minimum absolute atomic E-state index is 0.152. The van der Waals surface area contributed by atoms with Crippen molar-refractivity contribution < 1.29 is 8.62 Å². The molecule has 0 heterocycles. The number of hydrogen-bond donors (Lipinski definition) is 0. The van der Waals surface area contributed by atoms with E-state index in [1.807, 2.05) is 0 Å². The molecule has 0 aliphatic carbocycles. The van der Waals surface area contributed by atoms with Crippen LogP contribution in [0.4, 0.5) is 0 Å². The summed E-state index contributed by atoms with van der Waals surface area (Å²) in [6.07, 6.45) is 49.5. The Morgan fingerprint density at radius 1 is 0.309 bits per heavy atom. The van der Waals surface area contributed by atoms with E-state index in [0.717, 1.165) is 0 Å². The van der Waals surface area contributed by atoms with Gasteiger partial charge in [-0.3, -0.25) is 0 Å². The summed E-state index contributed by atoms with van der Waals surface area (Å²) < 4.78 is 19.3. The first-order valence-electron chi connectivity index (χ1n) is 31.2. The van der Waals surface area contributed by atoms with E-state index in [2.05, 4.69) is 136 Å². The van der Waals surface area contributed by atoms with Gasteiger partial charge in [0.05, 0.1) is 0 Å². The molecular weight excluding hydrogens is 941 g/mol. The Bertz CT molecular complexity index is 1110. The molecule has 0 spiro atoms. The molecule has 0 aromatic rings. The van der Waals surface area contributed by atoms with E-state index in [1.54, 1.807) is 0 Å². The monoisotopic (exact) mass is 1070 g/mol. The summed E-state index contributed by atoms with van der Waals surface area (Å²) in [5.41, 5.74) is -3.16. The van der Waals surface area contributed by atoms with E-state index < -0.39 is 25.2 Å². The van der Waals surface area contributed by atoms with E-state index in [4.69, 9.17) is 11.8 Å². The molecule has 68 heavy (non-hydrogen) atoms. The first-order valence-corrected chi connectivity index (χ1v) is 44.1. The van der Waals surface area contributed by atoms with Crippen LogP contribution >= 0.6 is 36.2 Å². The van der Waals surface area contributed by atoms with Gasteiger partial charge in [0.25, 0.3) is 0 Å². The third-order valence-corrected chi connectivity index (χ3v) is 62.1. The summed E-state index contributed by atoms with van der Waals surface area (Å²) in [5.74, 6) is -2.89. The van der Waals surface area contributed by atoms with E-state index in [1.165, 1.54) is 248 Å². The van der Waals surface area contributed by atoms with Crippen LogP contribution in [0, 0.1) is 0 Å². The molecule has 416 valence electrons. The van der Waals surface area contributed by atoms with Crippen molar-refractivity contribution in [2.45, 2.75) is 333 Å². The van der Waals surface area contributed by atoms with E-state index in [-0.39, 0.29) is 15.5 Å². The van der Waals surface area contributed by atoms with Gasteiger partial charge in [0.1, 0.15) is 0 Å². The van der Waals surface area contributed by atoms with Gasteiger partial charge >= 0.3 is 445 Å². The Kier molecular flexibility index (Phi) is 34.5. The average molecular weight is 1070 g/mol. The summed E-state index contributed by atoms with van der Waals surface area (Å²) in [6.45, 7) is 39.3. The van der Waals surface area contributed by atoms with Crippen molar-refractivity contribution in [2.75, 3.05) is 55.5 Å². The van der Waals surface area contributed by atoms with Crippen molar-refractivity contribution in [3.8, 4) is 0 Å². The van der Waals surface area contributed by atoms with Gasteiger partial charge in [-0.25, -0.2) is 0 Å². The van der Waals surface area contributed by atoms with Crippen molar-refractivity contribution >= 4 is 48.0 Å². The second kappa shape index (κ2) is 33.4. The molecule has 0 radical (unpaired) electrons. The zero-order chi connectivity index (χ0) is 52.0. The zero-order valence-electron chi connectivity index (χ0n) is 50.5. The number of unbranched alkanes of at least 4 members (excludes halogenated alkanes) is 9. The van der Waals surface area contributed by atoms with Crippen LogP contribution in [0.15, 0.2) is 0 Å². The van der Waals surface area contributed by atoms with Gasteiger partial charge in [-0.2, -0.15) is 0 Å². The van der Waals surface area contributed by atoms with Crippen molar-refractivity contribution in [3.05, 3.63) is 0 Å². The van der Waals surface area contributed by atoms with E-state index in [0.29, 0.717) is 0 Å².